The molecule has 0 bridgehead atoms. The molecule has 2 aromatic rings. The number of aromatic nitrogens is 1. The van der Waals surface area contributed by atoms with Gasteiger partial charge in [0.05, 0.1) is 0 Å². The fourth-order valence-electron chi connectivity index (χ4n) is 3.06. The molecule has 6 nitrogen and oxygen atoms in total. The number of nitrogens with zero attached hydrogens (tertiary/aromatic N) is 1. The Labute approximate surface area is 139 Å². The molecule has 0 radical (unpaired) electrons. The molecule has 1 aliphatic heterocycles. The van der Waals surface area contributed by atoms with Crippen LogP contribution in [-0.4, -0.2) is 44.7 Å². The normalized spacial score (nSPS) is 20.1. The molecule has 124 valence electrons. The standard InChI is InChI=1S/C18H18N2O4/c1-18(17(23)24)8-2-10-20(18)16(22)13-5-3-12(4-6-13)15(21)14-7-9-19-11-14/h3-7,9,11,19H,2,8,10H2,1H3,(H,23,24). The van der Waals surface area contributed by atoms with E-state index in [1.165, 1.54) is 4.90 Å². The molecule has 0 spiro atoms. The Kier molecular flexibility index (Phi) is 3.97. The maximum absolute atomic E-state index is 12.6. The van der Waals surface area contributed by atoms with Gasteiger partial charge in [-0.25, -0.2) is 4.79 Å². The van der Waals surface area contributed by atoms with E-state index in [0.717, 1.165) is 0 Å². The Morgan fingerprint density at radius 1 is 1.08 bits per heavy atom. The Bertz CT molecular complexity index is 780. The Morgan fingerprint density at radius 3 is 2.33 bits per heavy atom. The summed E-state index contributed by atoms with van der Waals surface area (Å²) in [6.07, 6.45) is 4.39. The van der Waals surface area contributed by atoms with Crippen molar-refractivity contribution in [2.75, 3.05) is 6.54 Å². The summed E-state index contributed by atoms with van der Waals surface area (Å²) in [7, 11) is 0. The Morgan fingerprint density at radius 2 is 1.75 bits per heavy atom. The van der Waals surface area contributed by atoms with E-state index < -0.39 is 11.5 Å². The lowest BCUT2D eigenvalue weighted by Gasteiger charge is -2.31. The van der Waals surface area contributed by atoms with Gasteiger partial charge in [-0.2, -0.15) is 0 Å². The molecule has 1 aliphatic rings. The highest BCUT2D eigenvalue weighted by molar-refractivity contribution is 6.09. The second-order valence-electron chi connectivity index (χ2n) is 6.15. The number of hydrogen-bond donors (Lipinski definition) is 2. The number of likely N-dealkylation sites (tertiary alicyclic amines) is 1. The van der Waals surface area contributed by atoms with Crippen molar-refractivity contribution in [2.24, 2.45) is 0 Å². The summed E-state index contributed by atoms with van der Waals surface area (Å²) < 4.78 is 0. The van der Waals surface area contributed by atoms with Crippen LogP contribution in [0.15, 0.2) is 42.7 Å². The third-order valence-corrected chi connectivity index (χ3v) is 4.60. The maximum Gasteiger partial charge on any atom is 0.329 e. The number of H-pyrrole nitrogens is 1. The van der Waals surface area contributed by atoms with Crippen LogP contribution in [0.3, 0.4) is 0 Å². The first-order chi connectivity index (χ1) is 11.4. The largest absolute Gasteiger partial charge is 0.480 e. The molecule has 2 N–H and O–H groups in total. The summed E-state index contributed by atoms with van der Waals surface area (Å²) in [5.74, 6) is -1.45. The molecule has 1 aromatic carbocycles. The number of hydrogen-bond acceptors (Lipinski definition) is 3. The van der Waals surface area contributed by atoms with Crippen LogP contribution in [0.4, 0.5) is 0 Å². The van der Waals surface area contributed by atoms with Crippen LogP contribution in [0.1, 0.15) is 46.0 Å². The van der Waals surface area contributed by atoms with Crippen molar-refractivity contribution in [3.63, 3.8) is 0 Å². The lowest BCUT2D eigenvalue weighted by molar-refractivity contribution is -0.147. The number of amides is 1. The lowest BCUT2D eigenvalue weighted by Crippen LogP contribution is -2.50. The van der Waals surface area contributed by atoms with Crippen LogP contribution in [0.2, 0.25) is 0 Å². The van der Waals surface area contributed by atoms with Crippen molar-refractivity contribution < 1.29 is 19.5 Å². The Hall–Kier alpha value is -2.89. The van der Waals surface area contributed by atoms with Crippen LogP contribution >= 0.6 is 0 Å². The molecule has 3 rings (SSSR count). The first kappa shape index (κ1) is 16.0. The van der Waals surface area contributed by atoms with E-state index in [0.29, 0.717) is 36.1 Å². The minimum absolute atomic E-state index is 0.133. The van der Waals surface area contributed by atoms with Crippen LogP contribution < -0.4 is 0 Å². The van der Waals surface area contributed by atoms with E-state index in [1.807, 2.05) is 0 Å². The summed E-state index contributed by atoms with van der Waals surface area (Å²) >= 11 is 0. The topological polar surface area (TPSA) is 90.5 Å². The fourth-order valence-corrected chi connectivity index (χ4v) is 3.06. The number of benzene rings is 1. The molecule has 1 unspecified atom stereocenters. The van der Waals surface area contributed by atoms with E-state index >= 15 is 0 Å². The number of carboxylic acid groups (broad SMARTS) is 1. The molecule has 1 aromatic heterocycles. The van der Waals surface area contributed by atoms with E-state index in [1.54, 1.807) is 49.6 Å². The Balaban J connectivity index is 1.82. The van der Waals surface area contributed by atoms with E-state index in [4.69, 9.17) is 0 Å². The van der Waals surface area contributed by atoms with Gasteiger partial charge in [0.2, 0.25) is 0 Å². The number of aliphatic carboxylic acids is 1. The van der Waals surface area contributed by atoms with Crippen molar-refractivity contribution in [3.8, 4) is 0 Å². The van der Waals surface area contributed by atoms with Gasteiger partial charge >= 0.3 is 5.97 Å². The van der Waals surface area contributed by atoms with Gasteiger partial charge < -0.3 is 15.0 Å². The molecule has 0 saturated carbocycles. The van der Waals surface area contributed by atoms with Crippen LogP contribution in [0.25, 0.3) is 0 Å². The van der Waals surface area contributed by atoms with Gasteiger partial charge in [-0.15, -0.1) is 0 Å². The monoisotopic (exact) mass is 326 g/mol. The molecule has 6 heteroatoms. The third kappa shape index (κ3) is 2.60. The predicted molar refractivity (Wildman–Crippen MR) is 87.0 cm³/mol. The third-order valence-electron chi connectivity index (χ3n) is 4.60. The molecule has 24 heavy (non-hydrogen) atoms. The number of nitrogens with one attached hydrogen (secondary N) is 1. The molecular weight excluding hydrogens is 308 g/mol. The first-order valence-electron chi connectivity index (χ1n) is 7.76. The van der Waals surface area contributed by atoms with Gasteiger partial charge in [-0.1, -0.05) is 12.1 Å². The SMILES string of the molecule is CC1(C(=O)O)CCCN1C(=O)c1ccc(C(=O)c2cc[nH]c2)cc1. The molecule has 0 aliphatic carbocycles. The van der Waals surface area contributed by atoms with Gasteiger partial charge in [0.15, 0.2) is 5.78 Å². The average Bonchev–Trinajstić information content (AvgIpc) is 3.24. The quantitative estimate of drug-likeness (QED) is 0.844. The highest BCUT2D eigenvalue weighted by Gasteiger charge is 2.46. The second-order valence-corrected chi connectivity index (χ2v) is 6.15. The minimum Gasteiger partial charge on any atom is -0.480 e. The van der Waals surface area contributed by atoms with Gasteiger partial charge in [-0.3, -0.25) is 9.59 Å². The molecule has 2 heterocycles. The number of carbonyl (C=O) groups is 3. The highest BCUT2D eigenvalue weighted by Crippen LogP contribution is 2.30. The van der Waals surface area contributed by atoms with Crippen molar-refractivity contribution in [1.29, 1.82) is 0 Å². The summed E-state index contributed by atoms with van der Waals surface area (Å²) in [6.45, 7) is 2.00. The fraction of sp³-hybridized carbons (Fsp3) is 0.278. The van der Waals surface area contributed by atoms with E-state index in [-0.39, 0.29) is 11.7 Å². The van der Waals surface area contributed by atoms with Gasteiger partial charge in [0.25, 0.3) is 5.91 Å². The summed E-state index contributed by atoms with van der Waals surface area (Å²) in [5, 5.41) is 9.42. The molecule has 1 saturated heterocycles. The smallest absolute Gasteiger partial charge is 0.329 e. The predicted octanol–water partition coefficient (Wildman–Crippen LogP) is 2.33. The first-order valence-corrected chi connectivity index (χ1v) is 7.76. The number of aromatic amines is 1. The zero-order valence-corrected chi connectivity index (χ0v) is 13.3. The van der Waals surface area contributed by atoms with E-state index in [9.17, 15) is 19.5 Å². The summed E-state index contributed by atoms with van der Waals surface area (Å²) in [4.78, 5) is 40.6. The second kappa shape index (κ2) is 5.96. The average molecular weight is 326 g/mol. The minimum atomic E-state index is -1.17. The lowest BCUT2D eigenvalue weighted by atomic mass is 9.98. The number of carboxylic acids is 1. The van der Waals surface area contributed by atoms with Crippen molar-refractivity contribution in [2.45, 2.75) is 25.3 Å². The van der Waals surface area contributed by atoms with Crippen molar-refractivity contribution >= 4 is 17.7 Å². The summed E-state index contributed by atoms with van der Waals surface area (Å²) in [6, 6.07) is 8.02. The summed E-state index contributed by atoms with van der Waals surface area (Å²) in [5.41, 5.74) is 0.243. The van der Waals surface area contributed by atoms with Gasteiger partial charge in [0.1, 0.15) is 5.54 Å². The van der Waals surface area contributed by atoms with Crippen LogP contribution in [0.5, 0.6) is 0 Å². The maximum atomic E-state index is 12.6. The van der Waals surface area contributed by atoms with Gasteiger partial charge in [-0.05, 0) is 38.0 Å². The molecule has 1 fully saturated rings. The van der Waals surface area contributed by atoms with Crippen molar-refractivity contribution in [1.82, 2.24) is 9.88 Å². The number of ketones is 1. The zero-order chi connectivity index (χ0) is 17.3. The molecule has 1 amide bonds. The number of carbonyl (C=O) groups excluding carboxylic acids is 2. The zero-order valence-electron chi connectivity index (χ0n) is 13.3. The van der Waals surface area contributed by atoms with E-state index in [2.05, 4.69) is 4.98 Å². The van der Waals surface area contributed by atoms with Crippen LogP contribution in [0, 0.1) is 0 Å². The van der Waals surface area contributed by atoms with Crippen molar-refractivity contribution in [3.05, 3.63) is 59.4 Å². The number of rotatable bonds is 4. The van der Waals surface area contributed by atoms with Gasteiger partial charge in [0, 0.05) is 35.6 Å². The molecular formula is C18H18N2O4. The molecule has 1 atom stereocenters. The highest BCUT2D eigenvalue weighted by atomic mass is 16.4. The van der Waals surface area contributed by atoms with Crippen LogP contribution in [-0.2, 0) is 4.79 Å².